The van der Waals surface area contributed by atoms with Gasteiger partial charge in [-0.2, -0.15) is 0 Å². The van der Waals surface area contributed by atoms with Gasteiger partial charge in [0.2, 0.25) is 5.91 Å². The number of pyridine rings is 1. The molecule has 1 fully saturated rings. The van der Waals surface area contributed by atoms with Crippen molar-refractivity contribution in [3.8, 4) is 5.75 Å². The number of carbonyl (C=O) groups excluding carboxylic acids is 1. The van der Waals surface area contributed by atoms with E-state index in [9.17, 15) is 4.79 Å². The number of amides is 1. The highest BCUT2D eigenvalue weighted by molar-refractivity contribution is 5.95. The smallest absolute Gasteiger partial charge is 0.232 e. The minimum Gasteiger partial charge on any atom is -0.488 e. The van der Waals surface area contributed by atoms with Crippen LogP contribution in [0.2, 0.25) is 0 Å². The molecule has 4 heterocycles. The molecule has 1 amide bonds. The highest BCUT2D eigenvalue weighted by Gasteiger charge is 2.41. The second-order valence-corrected chi connectivity index (χ2v) is 7.90. The summed E-state index contributed by atoms with van der Waals surface area (Å²) in [5.41, 5.74) is 2.01. The van der Waals surface area contributed by atoms with Crippen LogP contribution in [-0.2, 0) is 34.8 Å². The van der Waals surface area contributed by atoms with E-state index < -0.39 is 0 Å². The van der Waals surface area contributed by atoms with E-state index in [0.717, 1.165) is 17.8 Å². The Morgan fingerprint density at radius 1 is 1.23 bits per heavy atom. The quantitative estimate of drug-likeness (QED) is 0.643. The van der Waals surface area contributed by atoms with Crippen molar-refractivity contribution in [1.82, 2.24) is 19.7 Å². The summed E-state index contributed by atoms with van der Waals surface area (Å²) in [5, 5.41) is 8.23. The minimum absolute atomic E-state index is 0.0163. The Morgan fingerprint density at radius 2 is 2.13 bits per heavy atom. The van der Waals surface area contributed by atoms with Gasteiger partial charge in [0.25, 0.3) is 0 Å². The number of ether oxygens (including phenoxy) is 2. The van der Waals surface area contributed by atoms with Gasteiger partial charge in [-0.15, -0.1) is 10.2 Å². The van der Waals surface area contributed by atoms with Gasteiger partial charge in [0.1, 0.15) is 18.8 Å². The van der Waals surface area contributed by atoms with E-state index in [-0.39, 0.29) is 11.3 Å². The maximum Gasteiger partial charge on any atom is 0.232 e. The standard InChI is InChI=1S/C22H23N5O3/c1-26-15-24-25-19(26)12-22(13-29-14-22)17-5-2-4-16(10-17)11-20(28)27-8-9-30-18-6-3-7-23-21(18)27/h2-7,10,15H,8-9,11-14H2,1H3. The summed E-state index contributed by atoms with van der Waals surface area (Å²) in [6, 6.07) is 11.9. The first-order chi connectivity index (χ1) is 14.6. The largest absolute Gasteiger partial charge is 0.488 e. The summed E-state index contributed by atoms with van der Waals surface area (Å²) in [5.74, 6) is 2.19. The van der Waals surface area contributed by atoms with Crippen molar-refractivity contribution in [3.05, 3.63) is 65.9 Å². The molecule has 0 saturated carbocycles. The van der Waals surface area contributed by atoms with Gasteiger partial charge < -0.3 is 14.0 Å². The third-order valence-corrected chi connectivity index (χ3v) is 5.83. The summed E-state index contributed by atoms with van der Waals surface area (Å²) in [6.07, 6.45) is 4.46. The van der Waals surface area contributed by atoms with E-state index in [1.54, 1.807) is 17.4 Å². The summed E-state index contributed by atoms with van der Waals surface area (Å²) in [7, 11) is 1.95. The number of hydrogen-bond acceptors (Lipinski definition) is 6. The molecule has 154 valence electrons. The van der Waals surface area contributed by atoms with E-state index >= 15 is 0 Å². The monoisotopic (exact) mass is 405 g/mol. The first kappa shape index (κ1) is 18.7. The molecule has 1 aromatic carbocycles. The Hall–Kier alpha value is -3.26. The zero-order chi connectivity index (χ0) is 20.6. The Kier molecular flexibility index (Phi) is 4.71. The molecule has 0 spiro atoms. The van der Waals surface area contributed by atoms with Crippen LogP contribution in [0.1, 0.15) is 17.0 Å². The molecular weight excluding hydrogens is 382 g/mol. The van der Waals surface area contributed by atoms with Crippen molar-refractivity contribution in [2.45, 2.75) is 18.3 Å². The predicted molar refractivity (Wildman–Crippen MR) is 109 cm³/mol. The maximum absolute atomic E-state index is 13.1. The van der Waals surface area contributed by atoms with E-state index in [1.807, 2.05) is 35.9 Å². The van der Waals surface area contributed by atoms with Gasteiger partial charge in [-0.05, 0) is 23.3 Å². The first-order valence-corrected chi connectivity index (χ1v) is 10.0. The Balaban J connectivity index is 1.37. The topological polar surface area (TPSA) is 82.4 Å². The van der Waals surface area contributed by atoms with Crippen LogP contribution in [0.25, 0.3) is 0 Å². The lowest BCUT2D eigenvalue weighted by atomic mass is 9.75. The molecule has 1 saturated heterocycles. The number of rotatable bonds is 5. The zero-order valence-corrected chi connectivity index (χ0v) is 16.8. The molecule has 0 aliphatic carbocycles. The van der Waals surface area contributed by atoms with Crippen molar-refractivity contribution in [3.63, 3.8) is 0 Å². The molecule has 8 nitrogen and oxygen atoms in total. The fourth-order valence-corrected chi connectivity index (χ4v) is 4.06. The van der Waals surface area contributed by atoms with Gasteiger partial charge in [0.05, 0.1) is 26.2 Å². The van der Waals surface area contributed by atoms with Gasteiger partial charge >= 0.3 is 0 Å². The van der Waals surface area contributed by atoms with Crippen molar-refractivity contribution in [2.24, 2.45) is 7.05 Å². The van der Waals surface area contributed by atoms with Crippen molar-refractivity contribution >= 4 is 11.7 Å². The SMILES string of the molecule is Cn1cnnc1CC1(c2cccc(CC(=O)N3CCOc4cccnc43)c2)COC1. The van der Waals surface area contributed by atoms with Crippen LogP contribution in [-0.4, -0.2) is 52.0 Å². The van der Waals surface area contributed by atoms with Crippen LogP contribution >= 0.6 is 0 Å². The fraction of sp³-hybridized carbons (Fsp3) is 0.364. The Labute approximate surface area is 174 Å². The summed E-state index contributed by atoms with van der Waals surface area (Å²) in [6.45, 7) is 2.26. The van der Waals surface area contributed by atoms with E-state index in [1.165, 1.54) is 5.56 Å². The Bertz CT molecular complexity index is 1080. The van der Waals surface area contributed by atoms with Crippen LogP contribution in [0.5, 0.6) is 5.75 Å². The third-order valence-electron chi connectivity index (χ3n) is 5.83. The van der Waals surface area contributed by atoms with Crippen molar-refractivity contribution < 1.29 is 14.3 Å². The number of nitrogens with zero attached hydrogens (tertiary/aromatic N) is 5. The van der Waals surface area contributed by atoms with E-state index in [4.69, 9.17) is 9.47 Å². The molecule has 30 heavy (non-hydrogen) atoms. The molecule has 0 N–H and O–H groups in total. The van der Waals surface area contributed by atoms with E-state index in [0.29, 0.717) is 44.4 Å². The lowest BCUT2D eigenvalue weighted by Gasteiger charge is -2.42. The van der Waals surface area contributed by atoms with Crippen molar-refractivity contribution in [1.29, 1.82) is 0 Å². The molecule has 2 aromatic heterocycles. The molecule has 5 rings (SSSR count). The fourth-order valence-electron chi connectivity index (χ4n) is 4.06. The summed E-state index contributed by atoms with van der Waals surface area (Å²) in [4.78, 5) is 19.1. The average molecular weight is 405 g/mol. The number of fused-ring (bicyclic) bond motifs is 1. The van der Waals surface area contributed by atoms with Crippen LogP contribution < -0.4 is 9.64 Å². The predicted octanol–water partition coefficient (Wildman–Crippen LogP) is 1.69. The van der Waals surface area contributed by atoms with Crippen molar-refractivity contribution in [2.75, 3.05) is 31.3 Å². The average Bonchev–Trinajstić information content (AvgIpc) is 3.14. The normalized spacial score (nSPS) is 17.0. The number of carbonyl (C=O) groups is 1. The Morgan fingerprint density at radius 3 is 2.90 bits per heavy atom. The number of hydrogen-bond donors (Lipinski definition) is 0. The lowest BCUT2D eigenvalue weighted by Crippen LogP contribution is -2.49. The molecule has 8 heteroatoms. The van der Waals surface area contributed by atoms with Gasteiger partial charge in [0.15, 0.2) is 11.6 Å². The highest BCUT2D eigenvalue weighted by Crippen LogP contribution is 2.36. The zero-order valence-electron chi connectivity index (χ0n) is 16.8. The van der Waals surface area contributed by atoms with Crippen LogP contribution in [0.15, 0.2) is 48.9 Å². The molecule has 0 radical (unpaired) electrons. The van der Waals surface area contributed by atoms with Crippen LogP contribution in [0.4, 0.5) is 5.82 Å². The number of benzene rings is 1. The number of anilines is 1. The second-order valence-electron chi connectivity index (χ2n) is 7.90. The second kappa shape index (κ2) is 7.53. The molecule has 2 aliphatic rings. The van der Waals surface area contributed by atoms with Gasteiger partial charge in [-0.25, -0.2) is 4.98 Å². The lowest BCUT2D eigenvalue weighted by molar-refractivity contribution is -0.118. The molecule has 0 unspecified atom stereocenters. The first-order valence-electron chi connectivity index (χ1n) is 10.0. The van der Waals surface area contributed by atoms with Crippen LogP contribution in [0, 0.1) is 0 Å². The molecule has 0 atom stereocenters. The van der Waals surface area contributed by atoms with Gasteiger partial charge in [-0.1, -0.05) is 24.3 Å². The minimum atomic E-state index is -0.132. The number of aryl methyl sites for hydroxylation is 1. The van der Waals surface area contributed by atoms with Crippen LogP contribution in [0.3, 0.4) is 0 Å². The molecular formula is C22H23N5O3. The molecule has 0 bridgehead atoms. The van der Waals surface area contributed by atoms with Gasteiger partial charge in [-0.3, -0.25) is 9.69 Å². The summed E-state index contributed by atoms with van der Waals surface area (Å²) < 4.78 is 13.1. The molecule has 3 aromatic rings. The third kappa shape index (κ3) is 3.33. The molecule has 2 aliphatic heterocycles. The maximum atomic E-state index is 13.1. The highest BCUT2D eigenvalue weighted by atomic mass is 16.5. The van der Waals surface area contributed by atoms with E-state index in [2.05, 4.69) is 27.3 Å². The van der Waals surface area contributed by atoms with Gasteiger partial charge in [0, 0.05) is 25.1 Å². The number of aromatic nitrogens is 4. The summed E-state index contributed by atoms with van der Waals surface area (Å²) >= 11 is 0.